The van der Waals surface area contributed by atoms with E-state index in [1.807, 2.05) is 30.3 Å². The van der Waals surface area contributed by atoms with Crippen molar-refractivity contribution in [2.45, 2.75) is 19.1 Å². The van der Waals surface area contributed by atoms with Crippen LogP contribution >= 0.6 is 0 Å². The number of halogens is 1. The number of carbonyl (C=O) groups excluding carboxylic acids is 2. The summed E-state index contributed by atoms with van der Waals surface area (Å²) in [5.74, 6) is -2.04. The zero-order chi connectivity index (χ0) is 26.4. The quantitative estimate of drug-likeness (QED) is 0.183. The number of ether oxygens (including phenoxy) is 3. The third kappa shape index (κ3) is 5.65. The van der Waals surface area contributed by atoms with E-state index in [2.05, 4.69) is 0 Å². The molecule has 0 spiro atoms. The van der Waals surface area contributed by atoms with Crippen LogP contribution in [0.3, 0.4) is 0 Å². The van der Waals surface area contributed by atoms with Crippen LogP contribution in [0, 0.1) is 5.82 Å². The molecule has 1 amide bonds. The van der Waals surface area contributed by atoms with Crippen LogP contribution in [0.25, 0.3) is 5.76 Å². The van der Waals surface area contributed by atoms with Gasteiger partial charge in [0.15, 0.2) is 0 Å². The molecule has 1 heterocycles. The molecule has 192 valence electrons. The Morgan fingerprint density at radius 3 is 2.51 bits per heavy atom. The Hall–Kier alpha value is -4.17. The number of aliphatic hydroxyl groups excluding tert-OH is 1. The van der Waals surface area contributed by atoms with Crippen LogP contribution in [0.5, 0.6) is 11.5 Å². The Balaban J connectivity index is 1.77. The van der Waals surface area contributed by atoms with Gasteiger partial charge < -0.3 is 24.2 Å². The topological polar surface area (TPSA) is 85.3 Å². The molecule has 3 aromatic rings. The first-order chi connectivity index (χ1) is 17.9. The number of likely N-dealkylation sites (tertiary alicyclic amines) is 1. The normalized spacial score (nSPS) is 16.7. The summed E-state index contributed by atoms with van der Waals surface area (Å²) in [6.45, 7) is 0.932. The lowest BCUT2D eigenvalue weighted by Crippen LogP contribution is -2.31. The summed E-state index contributed by atoms with van der Waals surface area (Å²) in [7, 11) is 2.92. The number of hydrogen-bond acceptors (Lipinski definition) is 6. The van der Waals surface area contributed by atoms with Crippen LogP contribution in [0.2, 0.25) is 0 Å². The number of ketones is 1. The van der Waals surface area contributed by atoms with Crippen LogP contribution in [0.15, 0.2) is 78.4 Å². The summed E-state index contributed by atoms with van der Waals surface area (Å²) in [6.07, 6.45) is 0.480. The number of hydrogen-bond donors (Lipinski definition) is 1. The lowest BCUT2D eigenvalue weighted by Gasteiger charge is -2.25. The van der Waals surface area contributed by atoms with E-state index in [-0.39, 0.29) is 23.4 Å². The van der Waals surface area contributed by atoms with Crippen LogP contribution in [0.4, 0.5) is 4.39 Å². The van der Waals surface area contributed by atoms with E-state index in [1.165, 1.54) is 24.1 Å². The summed E-state index contributed by atoms with van der Waals surface area (Å²) in [4.78, 5) is 27.7. The van der Waals surface area contributed by atoms with Crippen LogP contribution in [0.1, 0.15) is 29.2 Å². The standard InChI is InChI=1S/C29H28FNO6/c1-35-15-7-14-31-26(20-10-6-11-22(16-20)37-18-19-8-4-3-5-9-19)25(28(33)29(31)34)27(32)23-17-21(30)12-13-24(23)36-2/h3-6,8-13,16-17,26,32H,7,14-15,18H2,1-2H3/b27-25+. The van der Waals surface area contributed by atoms with Crippen LogP contribution in [-0.2, 0) is 20.9 Å². The van der Waals surface area contributed by atoms with Crippen molar-refractivity contribution in [1.82, 2.24) is 4.90 Å². The van der Waals surface area contributed by atoms with Gasteiger partial charge in [0.2, 0.25) is 0 Å². The van der Waals surface area contributed by atoms with Gasteiger partial charge in [-0.15, -0.1) is 0 Å². The van der Waals surface area contributed by atoms with Gasteiger partial charge in [-0.05, 0) is 47.9 Å². The Bertz CT molecular complexity index is 1310. The average Bonchev–Trinajstić information content (AvgIpc) is 3.17. The van der Waals surface area contributed by atoms with E-state index < -0.39 is 29.3 Å². The van der Waals surface area contributed by atoms with Crippen molar-refractivity contribution in [1.29, 1.82) is 0 Å². The van der Waals surface area contributed by atoms with E-state index in [4.69, 9.17) is 14.2 Å². The molecule has 1 fully saturated rings. The number of rotatable bonds is 10. The molecular formula is C29H28FNO6. The first-order valence-electron chi connectivity index (χ1n) is 11.8. The smallest absolute Gasteiger partial charge is 0.295 e. The van der Waals surface area contributed by atoms with Crippen LogP contribution < -0.4 is 9.47 Å². The van der Waals surface area contributed by atoms with E-state index >= 15 is 0 Å². The fraction of sp³-hybridized carbons (Fsp3) is 0.241. The van der Waals surface area contributed by atoms with Gasteiger partial charge in [-0.2, -0.15) is 0 Å². The van der Waals surface area contributed by atoms with Gasteiger partial charge in [-0.3, -0.25) is 9.59 Å². The fourth-order valence-electron chi connectivity index (χ4n) is 4.36. The van der Waals surface area contributed by atoms with Gasteiger partial charge in [0.1, 0.15) is 29.7 Å². The lowest BCUT2D eigenvalue weighted by atomic mass is 9.94. The largest absolute Gasteiger partial charge is 0.507 e. The third-order valence-corrected chi connectivity index (χ3v) is 6.13. The summed E-state index contributed by atoms with van der Waals surface area (Å²) < 4.78 is 30.5. The second kappa shape index (κ2) is 11.7. The molecule has 0 bridgehead atoms. The molecule has 3 aromatic carbocycles. The highest BCUT2D eigenvalue weighted by molar-refractivity contribution is 6.46. The number of Topliss-reactive ketones (excluding diaryl/α,β-unsaturated/α-hetero) is 1. The van der Waals surface area contributed by atoms with Gasteiger partial charge in [0.25, 0.3) is 11.7 Å². The minimum Gasteiger partial charge on any atom is -0.507 e. The van der Waals surface area contributed by atoms with Gasteiger partial charge >= 0.3 is 0 Å². The summed E-state index contributed by atoms with van der Waals surface area (Å²) in [5, 5.41) is 11.3. The number of aliphatic hydroxyl groups is 1. The molecule has 1 aliphatic heterocycles. The summed E-state index contributed by atoms with van der Waals surface area (Å²) >= 11 is 0. The highest BCUT2D eigenvalue weighted by Gasteiger charge is 2.46. The molecule has 7 nitrogen and oxygen atoms in total. The van der Waals surface area contributed by atoms with Crippen molar-refractivity contribution in [3.8, 4) is 11.5 Å². The van der Waals surface area contributed by atoms with Crippen molar-refractivity contribution in [2.24, 2.45) is 0 Å². The number of benzene rings is 3. The van der Waals surface area contributed by atoms with Gasteiger partial charge in [-0.1, -0.05) is 42.5 Å². The van der Waals surface area contributed by atoms with Crippen molar-refractivity contribution in [3.63, 3.8) is 0 Å². The molecule has 0 aliphatic carbocycles. The molecule has 4 rings (SSSR count). The maximum absolute atomic E-state index is 14.1. The Labute approximate surface area is 214 Å². The third-order valence-electron chi connectivity index (χ3n) is 6.13. The monoisotopic (exact) mass is 505 g/mol. The van der Waals surface area contributed by atoms with E-state index in [0.29, 0.717) is 30.9 Å². The minimum atomic E-state index is -0.912. The minimum absolute atomic E-state index is 0.0149. The van der Waals surface area contributed by atoms with Crippen LogP contribution in [-0.4, -0.2) is 49.1 Å². The Morgan fingerprint density at radius 1 is 1.00 bits per heavy atom. The molecule has 0 aromatic heterocycles. The van der Waals surface area contributed by atoms with Crippen molar-refractivity contribution in [2.75, 3.05) is 27.4 Å². The molecule has 1 saturated heterocycles. The molecule has 1 aliphatic rings. The first-order valence-corrected chi connectivity index (χ1v) is 11.8. The predicted octanol–water partition coefficient (Wildman–Crippen LogP) is 4.87. The molecule has 0 radical (unpaired) electrons. The molecule has 1 N–H and O–H groups in total. The second-order valence-electron chi connectivity index (χ2n) is 8.53. The van der Waals surface area contributed by atoms with Crippen molar-refractivity contribution < 1.29 is 33.3 Å². The molecule has 8 heteroatoms. The van der Waals surface area contributed by atoms with Gasteiger partial charge in [0, 0.05) is 20.3 Å². The fourth-order valence-corrected chi connectivity index (χ4v) is 4.36. The molecule has 0 saturated carbocycles. The molecule has 37 heavy (non-hydrogen) atoms. The zero-order valence-corrected chi connectivity index (χ0v) is 20.6. The Kier molecular flexibility index (Phi) is 8.20. The van der Waals surface area contributed by atoms with Crippen molar-refractivity contribution in [3.05, 3.63) is 101 Å². The SMILES string of the molecule is COCCCN1C(=O)C(=O)/C(=C(/O)c2cc(F)ccc2OC)C1c1cccc(OCc2ccccc2)c1. The molecule has 1 atom stereocenters. The highest BCUT2D eigenvalue weighted by Crippen LogP contribution is 2.41. The summed E-state index contributed by atoms with van der Waals surface area (Å²) in [5.41, 5.74) is 1.39. The molecule has 1 unspecified atom stereocenters. The van der Waals surface area contributed by atoms with E-state index in [0.717, 1.165) is 11.6 Å². The summed E-state index contributed by atoms with van der Waals surface area (Å²) in [6, 6.07) is 19.4. The maximum Gasteiger partial charge on any atom is 0.295 e. The van der Waals surface area contributed by atoms with Crippen molar-refractivity contribution >= 4 is 17.4 Å². The van der Waals surface area contributed by atoms with Gasteiger partial charge in [-0.25, -0.2) is 4.39 Å². The first kappa shape index (κ1) is 25.9. The number of methoxy groups -OCH3 is 2. The number of nitrogens with zero attached hydrogens (tertiary/aromatic N) is 1. The lowest BCUT2D eigenvalue weighted by molar-refractivity contribution is -0.140. The Morgan fingerprint density at radius 2 is 1.78 bits per heavy atom. The number of carbonyl (C=O) groups is 2. The zero-order valence-electron chi connectivity index (χ0n) is 20.6. The average molecular weight is 506 g/mol. The highest BCUT2D eigenvalue weighted by atomic mass is 19.1. The van der Waals surface area contributed by atoms with E-state index in [1.54, 1.807) is 31.4 Å². The number of amides is 1. The molecular weight excluding hydrogens is 477 g/mol. The second-order valence-corrected chi connectivity index (χ2v) is 8.53. The van der Waals surface area contributed by atoms with Gasteiger partial charge in [0.05, 0.1) is 24.3 Å². The maximum atomic E-state index is 14.1. The predicted molar refractivity (Wildman–Crippen MR) is 136 cm³/mol. The van der Waals surface area contributed by atoms with E-state index in [9.17, 15) is 19.1 Å².